The average Bonchev–Trinajstić information content (AvgIpc) is 3.74. The summed E-state index contributed by atoms with van der Waals surface area (Å²) < 4.78 is 46.9. The molecule has 58 heavy (non-hydrogen) atoms. The molecule has 5 heterocycles. The van der Waals surface area contributed by atoms with E-state index in [1.165, 1.54) is 13.2 Å². The first-order valence-corrected chi connectivity index (χ1v) is 19.6. The molecule has 0 bridgehead atoms. The Morgan fingerprint density at radius 3 is 2.40 bits per heavy atom. The van der Waals surface area contributed by atoms with Gasteiger partial charge in [-0.2, -0.15) is 18.3 Å². The molecule has 304 valence electrons. The molecule has 3 fully saturated rings. The van der Waals surface area contributed by atoms with Crippen molar-refractivity contribution >= 4 is 51.8 Å². The lowest BCUT2D eigenvalue weighted by molar-refractivity contribution is -0.141. The molecule has 4 aliphatic rings. The summed E-state index contributed by atoms with van der Waals surface area (Å²) in [6.07, 6.45) is 3.46. The van der Waals surface area contributed by atoms with Gasteiger partial charge in [0.05, 0.1) is 35.5 Å². The van der Waals surface area contributed by atoms with Crippen LogP contribution in [0.15, 0.2) is 54.7 Å². The molecule has 3 aliphatic heterocycles. The Bertz CT molecular complexity index is 2280. The van der Waals surface area contributed by atoms with Gasteiger partial charge in [0.2, 0.25) is 11.8 Å². The minimum Gasteiger partial charge on any atom is -0.494 e. The highest BCUT2D eigenvalue weighted by atomic mass is 19.4. The number of halogens is 3. The number of fused-ring (bicyclic) bond motifs is 2. The lowest BCUT2D eigenvalue weighted by Crippen LogP contribution is -2.54. The van der Waals surface area contributed by atoms with E-state index in [1.807, 2.05) is 10.9 Å². The second-order valence-corrected chi connectivity index (χ2v) is 15.6. The van der Waals surface area contributed by atoms with Crippen LogP contribution in [0.25, 0.3) is 10.9 Å². The van der Waals surface area contributed by atoms with Crippen molar-refractivity contribution in [1.82, 2.24) is 29.9 Å². The molecule has 0 spiro atoms. The number of carbonyl (C=O) groups excluding carboxylic acids is 5. The summed E-state index contributed by atoms with van der Waals surface area (Å²) in [5.74, 6) is -1.59. The van der Waals surface area contributed by atoms with Gasteiger partial charge in [-0.1, -0.05) is 12.1 Å². The summed E-state index contributed by atoms with van der Waals surface area (Å²) in [4.78, 5) is 70.7. The number of rotatable bonds is 10. The fraction of sp³-hybridized carbons (Fsp3) is 0.439. The van der Waals surface area contributed by atoms with E-state index in [1.54, 1.807) is 30.3 Å². The van der Waals surface area contributed by atoms with Crippen LogP contribution in [0, 0.1) is 11.8 Å². The van der Waals surface area contributed by atoms with Gasteiger partial charge < -0.3 is 20.3 Å². The van der Waals surface area contributed by atoms with Crippen LogP contribution in [0.4, 0.5) is 24.5 Å². The van der Waals surface area contributed by atoms with Crippen LogP contribution in [-0.4, -0.2) is 93.4 Å². The van der Waals surface area contributed by atoms with Gasteiger partial charge in [-0.15, -0.1) is 0 Å². The quantitative estimate of drug-likeness (QED) is 0.170. The van der Waals surface area contributed by atoms with Gasteiger partial charge >= 0.3 is 6.18 Å². The molecule has 1 atom stereocenters. The van der Waals surface area contributed by atoms with Gasteiger partial charge in [-0.25, -0.2) is 4.98 Å². The fourth-order valence-corrected chi connectivity index (χ4v) is 8.68. The molecule has 14 nitrogen and oxygen atoms in total. The molecule has 1 saturated carbocycles. The van der Waals surface area contributed by atoms with Crippen molar-refractivity contribution < 1.29 is 41.9 Å². The molecule has 2 aromatic heterocycles. The Kier molecular flexibility index (Phi) is 10.6. The zero-order valence-electron chi connectivity index (χ0n) is 31.8. The van der Waals surface area contributed by atoms with Crippen LogP contribution in [0.5, 0.6) is 5.75 Å². The van der Waals surface area contributed by atoms with E-state index in [2.05, 4.69) is 25.8 Å². The monoisotopic (exact) mass is 800 g/mol. The van der Waals surface area contributed by atoms with Gasteiger partial charge in [0, 0.05) is 42.8 Å². The van der Waals surface area contributed by atoms with Crippen molar-refractivity contribution in [2.24, 2.45) is 11.8 Å². The summed E-state index contributed by atoms with van der Waals surface area (Å²) in [5.41, 5.74) is 0.581. The Morgan fingerprint density at radius 2 is 1.67 bits per heavy atom. The highest BCUT2D eigenvalue weighted by Gasteiger charge is 2.45. The minimum atomic E-state index is -4.67. The Morgan fingerprint density at radius 1 is 0.914 bits per heavy atom. The summed E-state index contributed by atoms with van der Waals surface area (Å²) >= 11 is 0. The molecule has 5 amide bonds. The smallest absolute Gasteiger partial charge is 0.433 e. The van der Waals surface area contributed by atoms with Crippen molar-refractivity contribution in [2.75, 3.05) is 43.9 Å². The largest absolute Gasteiger partial charge is 0.494 e. The van der Waals surface area contributed by atoms with Crippen LogP contribution in [0.3, 0.4) is 0 Å². The summed E-state index contributed by atoms with van der Waals surface area (Å²) in [6, 6.07) is 10.9. The van der Waals surface area contributed by atoms with Crippen LogP contribution < -0.4 is 20.7 Å². The number of benzene rings is 2. The molecule has 4 aromatic rings. The first-order valence-electron chi connectivity index (χ1n) is 19.6. The normalized spacial score (nSPS) is 21.9. The third-order valence-electron chi connectivity index (χ3n) is 11.8. The third-order valence-corrected chi connectivity index (χ3v) is 11.8. The van der Waals surface area contributed by atoms with Crippen molar-refractivity contribution in [3.05, 3.63) is 77.2 Å². The van der Waals surface area contributed by atoms with Crippen molar-refractivity contribution in [3.8, 4) is 5.75 Å². The number of hydrogen-bond donors (Lipinski definition) is 3. The minimum absolute atomic E-state index is 0.0699. The van der Waals surface area contributed by atoms with Crippen LogP contribution in [-0.2, 0) is 15.8 Å². The van der Waals surface area contributed by atoms with E-state index >= 15 is 0 Å². The van der Waals surface area contributed by atoms with Crippen LogP contribution in [0.1, 0.15) is 94.3 Å². The number of piperidine rings is 2. The van der Waals surface area contributed by atoms with Crippen molar-refractivity contribution in [2.45, 2.75) is 69.6 Å². The predicted molar refractivity (Wildman–Crippen MR) is 205 cm³/mol. The van der Waals surface area contributed by atoms with Gasteiger partial charge in [-0.05, 0) is 100 Å². The second kappa shape index (κ2) is 15.8. The highest BCUT2D eigenvalue weighted by molar-refractivity contribution is 6.25. The van der Waals surface area contributed by atoms with E-state index in [0.29, 0.717) is 41.0 Å². The second-order valence-electron chi connectivity index (χ2n) is 15.6. The molecule has 2 saturated heterocycles. The number of imide groups is 2. The lowest BCUT2D eigenvalue weighted by atomic mass is 9.85. The maximum absolute atomic E-state index is 13.5. The molecule has 3 N–H and O–H groups in total. The van der Waals surface area contributed by atoms with E-state index in [0.717, 1.165) is 80.6 Å². The van der Waals surface area contributed by atoms with Crippen molar-refractivity contribution in [1.29, 1.82) is 0 Å². The molecular formula is C41H43F3N8O6. The topological polar surface area (TPSA) is 168 Å². The van der Waals surface area contributed by atoms with E-state index < -0.39 is 47.4 Å². The summed E-state index contributed by atoms with van der Waals surface area (Å²) in [6.45, 7) is 3.61. The molecule has 1 aliphatic carbocycles. The summed E-state index contributed by atoms with van der Waals surface area (Å²) in [5, 5.41) is 13.9. The number of carbonyl (C=O) groups is 5. The Hall–Kier alpha value is -5.84. The molecule has 1 unspecified atom stereocenters. The number of nitrogens with one attached hydrogen (secondary N) is 3. The maximum atomic E-state index is 13.5. The van der Waals surface area contributed by atoms with Gasteiger partial charge in [-0.3, -0.25) is 38.9 Å². The van der Waals surface area contributed by atoms with E-state index in [-0.39, 0.29) is 35.7 Å². The Labute approximate surface area is 331 Å². The van der Waals surface area contributed by atoms with Gasteiger partial charge in [0.1, 0.15) is 23.2 Å². The first-order chi connectivity index (χ1) is 27.9. The first kappa shape index (κ1) is 39.0. The molecule has 17 heteroatoms. The number of nitrogens with zero attached hydrogens (tertiary/aromatic N) is 5. The standard InChI is InChI=1S/C41H43F3N8O6/c1-58-33-19-30-25(18-31(33)47-37(54)29-6-3-7-34(46-29)41(42,43)44)22-51(49-30)26-10-8-24(9-11-26)21-50-16-14-23(15-17-50)20-45-28-5-2-4-27-36(28)40(57)52(39(27)56)32-12-13-35(53)48-38(32)55/h2-7,18-19,22-24,26,32,45H,8-17,20-21H2,1H3,(H,47,54)(H,48,53,55)/t24-,26-,32?. The van der Waals surface area contributed by atoms with Gasteiger partial charge in [0.15, 0.2) is 0 Å². The van der Waals surface area contributed by atoms with E-state index in [9.17, 15) is 37.1 Å². The van der Waals surface area contributed by atoms with Crippen LogP contribution in [0.2, 0.25) is 0 Å². The molecule has 2 aromatic carbocycles. The lowest BCUT2D eigenvalue weighted by Gasteiger charge is -2.36. The predicted octanol–water partition coefficient (Wildman–Crippen LogP) is 5.67. The number of amides is 5. The number of ether oxygens (including phenoxy) is 1. The van der Waals surface area contributed by atoms with Crippen molar-refractivity contribution in [3.63, 3.8) is 0 Å². The average molecular weight is 801 g/mol. The SMILES string of the molecule is COc1cc2nn([C@H]3CC[C@H](CN4CCC(CNc5cccc6c5C(=O)N(C5CCC(=O)NC5=O)C6=O)CC4)CC3)cc2cc1NC(=O)c1cccc(C(F)(F)F)n1. The fourth-order valence-electron chi connectivity index (χ4n) is 8.68. The highest BCUT2D eigenvalue weighted by Crippen LogP contribution is 2.37. The zero-order valence-corrected chi connectivity index (χ0v) is 31.8. The number of anilines is 2. The number of methoxy groups -OCH3 is 1. The maximum Gasteiger partial charge on any atom is 0.433 e. The molecular weight excluding hydrogens is 757 g/mol. The number of likely N-dealkylation sites (tertiary alicyclic amines) is 1. The number of aromatic nitrogens is 3. The summed E-state index contributed by atoms with van der Waals surface area (Å²) in [7, 11) is 1.45. The number of alkyl halides is 3. The van der Waals surface area contributed by atoms with Gasteiger partial charge in [0.25, 0.3) is 17.7 Å². The van der Waals surface area contributed by atoms with Crippen LogP contribution >= 0.6 is 0 Å². The number of pyridine rings is 1. The zero-order chi connectivity index (χ0) is 40.7. The van der Waals surface area contributed by atoms with E-state index in [4.69, 9.17) is 9.84 Å². The Balaban J connectivity index is 0.813. The molecule has 0 radical (unpaired) electrons. The third kappa shape index (κ3) is 7.86. The number of hydrogen-bond acceptors (Lipinski definition) is 10. The molecule has 8 rings (SSSR count).